The fraction of sp³-hybridized carbons (Fsp3) is 1.00. The topological polar surface area (TPSA) is 43.5 Å². The summed E-state index contributed by atoms with van der Waals surface area (Å²) in [5, 5.41) is 4.41. The van der Waals surface area contributed by atoms with E-state index in [0.717, 1.165) is 0 Å². The van der Waals surface area contributed by atoms with Crippen molar-refractivity contribution in [3.05, 3.63) is 4.91 Å². The zero-order valence-electron chi connectivity index (χ0n) is 7.53. The van der Waals surface area contributed by atoms with Gasteiger partial charge in [-0.1, -0.05) is 0 Å². The van der Waals surface area contributed by atoms with E-state index in [2.05, 4.69) is 0 Å². The molecule has 0 atom stereocenters. The predicted octanol–water partition coefficient (Wildman–Crippen LogP) is 2.68. The zero-order chi connectivity index (χ0) is 15.2. The Morgan fingerprint density at radius 1 is 0.833 bits per heavy atom. The van der Waals surface area contributed by atoms with Crippen molar-refractivity contribution in [2.45, 2.75) is 24.7 Å². The van der Waals surface area contributed by atoms with E-state index < -0.39 is 34.5 Å². The van der Waals surface area contributed by atoms with Gasteiger partial charge in [0.25, 0.3) is 0 Å². The molecule has 18 heavy (non-hydrogen) atoms. The van der Waals surface area contributed by atoms with Gasteiger partial charge in [0.05, 0.1) is 0 Å². The summed E-state index contributed by atoms with van der Waals surface area (Å²) < 4.78 is 115. The minimum atomic E-state index is -6.91. The molecule has 0 amide bonds. The van der Waals surface area contributed by atoms with E-state index in [4.69, 9.17) is 5.21 Å². The van der Waals surface area contributed by atoms with E-state index in [1.165, 1.54) is 0 Å². The summed E-state index contributed by atoms with van der Waals surface area (Å²) in [4.78, 5) is 9.82. The molecule has 0 aliphatic heterocycles. The van der Waals surface area contributed by atoms with Crippen LogP contribution in [0, 0.1) is 4.91 Å². The third kappa shape index (κ3) is 2.80. The first kappa shape index (κ1) is 16.8. The SMILES string of the molecule is O=[N+](C(F)(F)F)C(F)(F)C(F)(F)N(O)C(F)(F)F. The maximum Gasteiger partial charge on any atom is 0.683 e. The molecule has 0 aromatic heterocycles. The second-order valence-electron chi connectivity index (χ2n) is 2.62. The Bertz CT molecular complexity index is 332. The number of rotatable bonds is 3. The molecule has 0 aliphatic carbocycles. The summed E-state index contributed by atoms with van der Waals surface area (Å²) in [6.45, 7) is 0. The van der Waals surface area contributed by atoms with Crippen molar-refractivity contribution >= 4 is 0 Å². The van der Waals surface area contributed by atoms with Crippen molar-refractivity contribution in [2.24, 2.45) is 0 Å². The lowest BCUT2D eigenvalue weighted by molar-refractivity contribution is -0.841. The molecular weight excluding hydrogens is 298 g/mol. The van der Waals surface area contributed by atoms with Crippen LogP contribution in [0.5, 0.6) is 0 Å². The van der Waals surface area contributed by atoms with Crippen LogP contribution in [0.3, 0.4) is 0 Å². The molecule has 0 unspecified atom stereocenters. The van der Waals surface area contributed by atoms with Gasteiger partial charge in [0.2, 0.25) is 0 Å². The second-order valence-corrected chi connectivity index (χ2v) is 2.62. The largest absolute Gasteiger partial charge is 0.683 e. The minimum absolute atomic E-state index is 3.30. The number of hydroxylamine groups is 2. The van der Waals surface area contributed by atoms with Crippen molar-refractivity contribution in [3.63, 3.8) is 0 Å². The summed E-state index contributed by atoms with van der Waals surface area (Å²) in [6, 6.07) is -13.8. The highest BCUT2D eigenvalue weighted by molar-refractivity contribution is 4.73. The molecule has 0 aliphatic rings. The first-order valence-corrected chi connectivity index (χ1v) is 3.42. The van der Waals surface area contributed by atoms with Gasteiger partial charge < -0.3 is 5.21 Å². The molecule has 14 heteroatoms. The van der Waals surface area contributed by atoms with Crippen LogP contribution in [0.1, 0.15) is 0 Å². The van der Waals surface area contributed by atoms with Crippen molar-refractivity contribution < 1.29 is 53.9 Å². The average Bonchev–Trinajstić information content (AvgIpc) is 2.12. The Morgan fingerprint density at radius 3 is 1.39 bits per heavy atom. The summed E-state index contributed by atoms with van der Waals surface area (Å²) >= 11 is 0. The summed E-state index contributed by atoms with van der Waals surface area (Å²) in [7, 11) is 0. The highest BCUT2D eigenvalue weighted by atomic mass is 19.4. The van der Waals surface area contributed by atoms with Crippen LogP contribution in [-0.4, -0.2) is 39.7 Å². The van der Waals surface area contributed by atoms with E-state index >= 15 is 0 Å². The summed E-state index contributed by atoms with van der Waals surface area (Å²) in [5.41, 5.74) is 0. The predicted molar refractivity (Wildman–Crippen MR) is 29.3 cm³/mol. The number of hydrogen-bond donors (Lipinski definition) is 1. The van der Waals surface area contributed by atoms with Crippen molar-refractivity contribution in [3.8, 4) is 0 Å². The first-order valence-electron chi connectivity index (χ1n) is 3.42. The van der Waals surface area contributed by atoms with Gasteiger partial charge in [-0.15, -0.1) is 22.0 Å². The van der Waals surface area contributed by atoms with Crippen LogP contribution in [-0.2, 0) is 0 Å². The van der Waals surface area contributed by atoms with Crippen molar-refractivity contribution in [1.29, 1.82) is 0 Å². The van der Waals surface area contributed by atoms with E-state index in [1.54, 1.807) is 0 Å². The third-order valence-electron chi connectivity index (χ3n) is 1.35. The highest BCUT2D eigenvalue weighted by Gasteiger charge is 2.83. The maximum absolute atomic E-state index is 12.3. The van der Waals surface area contributed by atoms with E-state index in [1.807, 2.05) is 0 Å². The Kier molecular flexibility index (Phi) is 3.91. The van der Waals surface area contributed by atoms with Gasteiger partial charge in [-0.05, 0) is 5.06 Å². The lowest BCUT2D eigenvalue weighted by atomic mass is 10.4. The highest BCUT2D eigenvalue weighted by Crippen LogP contribution is 2.44. The molecule has 0 bridgehead atoms. The smallest absolute Gasteiger partial charge is 0.301 e. The molecule has 0 aromatic carbocycles. The number of nitroso groups, excluding NO2 is 1. The van der Waals surface area contributed by atoms with Crippen LogP contribution >= 0.6 is 0 Å². The fourth-order valence-electron chi connectivity index (χ4n) is 0.568. The van der Waals surface area contributed by atoms with Gasteiger partial charge in [-0.25, -0.2) is 0 Å². The fourth-order valence-corrected chi connectivity index (χ4v) is 0.568. The standard InChI is InChI=1S/C4HF10N2O2/c5-1(6,15(17)3(9,10)11)2(7,8)16(18)4(12,13)14/h17H/q+1. The van der Waals surface area contributed by atoms with Crippen LogP contribution in [0.2, 0.25) is 0 Å². The lowest BCUT2D eigenvalue weighted by Gasteiger charge is -2.26. The Morgan fingerprint density at radius 2 is 1.17 bits per heavy atom. The zero-order valence-corrected chi connectivity index (χ0v) is 7.53. The van der Waals surface area contributed by atoms with Crippen LogP contribution in [0.25, 0.3) is 0 Å². The molecule has 0 saturated heterocycles. The van der Waals surface area contributed by atoms with E-state index in [-0.39, 0.29) is 0 Å². The molecule has 0 rings (SSSR count). The van der Waals surface area contributed by atoms with Gasteiger partial charge in [-0.2, -0.15) is 22.0 Å². The summed E-state index contributed by atoms with van der Waals surface area (Å²) in [6.07, 6.45) is -13.1. The monoisotopic (exact) mass is 299 g/mol. The van der Waals surface area contributed by atoms with Gasteiger partial charge in [0.15, 0.2) is 4.76 Å². The Hall–Kier alpha value is -1.18. The molecule has 0 spiro atoms. The number of nitrogens with zero attached hydrogens (tertiary/aromatic N) is 2. The Labute approximate surface area is 89.9 Å². The quantitative estimate of drug-likeness (QED) is 0.377. The molecule has 0 radical (unpaired) electrons. The minimum Gasteiger partial charge on any atom is -0.301 e. The van der Waals surface area contributed by atoms with Crippen LogP contribution < -0.4 is 0 Å². The van der Waals surface area contributed by atoms with E-state index in [0.29, 0.717) is 0 Å². The van der Waals surface area contributed by atoms with Crippen molar-refractivity contribution in [1.82, 2.24) is 5.06 Å². The third-order valence-corrected chi connectivity index (χ3v) is 1.35. The normalized spacial score (nSPS) is 15.1. The number of halogens is 10. The second kappa shape index (κ2) is 4.18. The average molecular weight is 299 g/mol. The molecule has 0 saturated carbocycles. The number of alkyl halides is 10. The molecular formula is C4HF10N2O2+. The van der Waals surface area contributed by atoms with Crippen molar-refractivity contribution in [2.75, 3.05) is 0 Å². The van der Waals surface area contributed by atoms with Gasteiger partial charge in [0, 0.05) is 4.91 Å². The molecule has 108 valence electrons. The Balaban J connectivity index is 5.53. The molecule has 4 nitrogen and oxygen atoms in total. The van der Waals surface area contributed by atoms with Gasteiger partial charge >= 0.3 is 24.7 Å². The first-order chi connectivity index (χ1) is 7.56. The van der Waals surface area contributed by atoms with Crippen LogP contribution in [0.15, 0.2) is 0 Å². The molecule has 0 fully saturated rings. The molecule has 0 aromatic rings. The maximum atomic E-state index is 12.3. The van der Waals surface area contributed by atoms with Crippen LogP contribution in [0.4, 0.5) is 43.9 Å². The molecule has 1 N–H and O–H groups in total. The van der Waals surface area contributed by atoms with Gasteiger partial charge in [-0.3, -0.25) is 0 Å². The summed E-state index contributed by atoms with van der Waals surface area (Å²) in [5.74, 6) is 0. The van der Waals surface area contributed by atoms with Gasteiger partial charge in [0.1, 0.15) is 0 Å². The van der Waals surface area contributed by atoms with E-state index in [9.17, 15) is 48.8 Å². The number of hydrogen-bond acceptors (Lipinski definition) is 3. The lowest BCUT2D eigenvalue weighted by Crippen LogP contribution is -2.63. The molecule has 0 heterocycles.